The zero-order chi connectivity index (χ0) is 22.7. The molecule has 32 heavy (non-hydrogen) atoms. The van der Waals surface area contributed by atoms with Crippen LogP contribution >= 0.6 is 0 Å². The second-order valence-electron chi connectivity index (χ2n) is 7.97. The van der Waals surface area contributed by atoms with Gasteiger partial charge in [0.2, 0.25) is 15.9 Å². The highest BCUT2D eigenvalue weighted by molar-refractivity contribution is 7.89. The molecule has 172 valence electrons. The van der Waals surface area contributed by atoms with Gasteiger partial charge in [0.15, 0.2) is 5.76 Å². The number of benzene rings is 1. The Balaban J connectivity index is 1.54. The average Bonchev–Trinajstić information content (AvgIpc) is 3.35. The summed E-state index contributed by atoms with van der Waals surface area (Å²) >= 11 is 0. The second-order valence-corrected chi connectivity index (χ2v) is 9.91. The number of furan rings is 1. The molecule has 1 atom stereocenters. The maximum Gasteiger partial charge on any atom is 0.290 e. The van der Waals surface area contributed by atoms with Gasteiger partial charge in [-0.25, -0.2) is 8.42 Å². The fourth-order valence-electron chi connectivity index (χ4n) is 4.04. The third-order valence-electron chi connectivity index (χ3n) is 5.87. The minimum absolute atomic E-state index is 0.118. The number of likely N-dealkylation sites (tertiary alicyclic amines) is 1. The normalized spacial score (nSPS) is 20.2. The number of carbonyl (C=O) groups is 2. The van der Waals surface area contributed by atoms with Gasteiger partial charge in [-0.2, -0.15) is 4.31 Å². The highest BCUT2D eigenvalue weighted by Gasteiger charge is 2.34. The SMILES string of the molecule is Cc1ccc(S(=O)(=O)N2CCOCC2)cc1NC(=O)C1CCCCN1C(=O)c1ccco1. The van der Waals surface area contributed by atoms with E-state index in [2.05, 4.69) is 5.32 Å². The van der Waals surface area contributed by atoms with Crippen LogP contribution in [0, 0.1) is 6.92 Å². The summed E-state index contributed by atoms with van der Waals surface area (Å²) in [5.41, 5.74) is 1.15. The molecule has 2 aliphatic heterocycles. The Morgan fingerprint density at radius 2 is 1.88 bits per heavy atom. The minimum atomic E-state index is -3.69. The number of ether oxygens (including phenoxy) is 1. The fraction of sp³-hybridized carbons (Fsp3) is 0.455. The van der Waals surface area contributed by atoms with Crippen molar-refractivity contribution in [1.82, 2.24) is 9.21 Å². The Labute approximate surface area is 187 Å². The van der Waals surface area contributed by atoms with Crippen LogP contribution in [0.5, 0.6) is 0 Å². The summed E-state index contributed by atoms with van der Waals surface area (Å²) in [6, 6.07) is 7.27. The van der Waals surface area contributed by atoms with Gasteiger partial charge in [0.1, 0.15) is 6.04 Å². The first kappa shape index (κ1) is 22.5. The van der Waals surface area contributed by atoms with Crippen molar-refractivity contribution in [3.8, 4) is 0 Å². The van der Waals surface area contributed by atoms with Gasteiger partial charge < -0.3 is 19.4 Å². The van der Waals surface area contributed by atoms with E-state index < -0.39 is 16.1 Å². The van der Waals surface area contributed by atoms with Crippen molar-refractivity contribution < 1.29 is 27.2 Å². The van der Waals surface area contributed by atoms with Gasteiger partial charge in [-0.3, -0.25) is 9.59 Å². The molecule has 2 saturated heterocycles. The number of hydrogen-bond acceptors (Lipinski definition) is 6. The molecule has 3 heterocycles. The third-order valence-corrected chi connectivity index (χ3v) is 7.77. The van der Waals surface area contributed by atoms with Gasteiger partial charge in [0.05, 0.1) is 24.4 Å². The van der Waals surface area contributed by atoms with E-state index >= 15 is 0 Å². The van der Waals surface area contributed by atoms with E-state index in [1.54, 1.807) is 31.2 Å². The third kappa shape index (κ3) is 4.57. The number of carbonyl (C=O) groups excluding carboxylic acids is 2. The average molecular weight is 462 g/mol. The van der Waals surface area contributed by atoms with Crippen molar-refractivity contribution in [2.75, 3.05) is 38.2 Å². The molecule has 0 aliphatic carbocycles. The molecule has 0 saturated carbocycles. The zero-order valence-corrected chi connectivity index (χ0v) is 18.8. The molecule has 1 N–H and O–H groups in total. The lowest BCUT2D eigenvalue weighted by atomic mass is 10.0. The molecule has 2 amide bonds. The Morgan fingerprint density at radius 3 is 2.59 bits per heavy atom. The molecule has 10 heteroatoms. The Kier molecular flexibility index (Phi) is 6.63. The van der Waals surface area contributed by atoms with Crippen molar-refractivity contribution in [3.05, 3.63) is 47.9 Å². The molecular formula is C22H27N3O6S. The van der Waals surface area contributed by atoms with Gasteiger partial charge in [0, 0.05) is 25.3 Å². The molecule has 2 aliphatic rings. The van der Waals surface area contributed by atoms with Crippen molar-refractivity contribution in [1.29, 1.82) is 0 Å². The summed E-state index contributed by atoms with van der Waals surface area (Å²) in [5.74, 6) is -0.469. The number of sulfonamides is 1. The van der Waals surface area contributed by atoms with Crippen LogP contribution in [0.2, 0.25) is 0 Å². The predicted molar refractivity (Wildman–Crippen MR) is 117 cm³/mol. The Morgan fingerprint density at radius 1 is 1.09 bits per heavy atom. The van der Waals surface area contributed by atoms with E-state index in [0.29, 0.717) is 45.0 Å². The molecule has 0 radical (unpaired) electrons. The number of rotatable bonds is 5. The fourth-order valence-corrected chi connectivity index (χ4v) is 5.47. The van der Waals surface area contributed by atoms with E-state index in [4.69, 9.17) is 9.15 Å². The zero-order valence-electron chi connectivity index (χ0n) is 18.0. The van der Waals surface area contributed by atoms with Gasteiger partial charge in [-0.15, -0.1) is 0 Å². The van der Waals surface area contributed by atoms with Crippen LogP contribution in [0.25, 0.3) is 0 Å². The van der Waals surface area contributed by atoms with Crippen LogP contribution in [0.4, 0.5) is 5.69 Å². The van der Waals surface area contributed by atoms with Crippen molar-refractivity contribution in [2.24, 2.45) is 0 Å². The molecule has 0 spiro atoms. The lowest BCUT2D eigenvalue weighted by Gasteiger charge is -2.34. The van der Waals surface area contributed by atoms with E-state index in [0.717, 1.165) is 18.4 Å². The molecule has 1 unspecified atom stereocenters. The first-order chi connectivity index (χ1) is 15.4. The Hall–Kier alpha value is -2.69. The van der Waals surface area contributed by atoms with Crippen molar-refractivity contribution in [3.63, 3.8) is 0 Å². The quantitative estimate of drug-likeness (QED) is 0.732. The highest BCUT2D eigenvalue weighted by Crippen LogP contribution is 2.26. The van der Waals surface area contributed by atoms with Gasteiger partial charge in [-0.05, 0) is 56.0 Å². The standard InChI is InChI=1S/C22H27N3O6S/c1-16-7-8-17(32(28,29)24-10-13-30-14-11-24)15-18(16)23-21(26)19-5-2-3-9-25(19)22(27)20-6-4-12-31-20/h4,6-8,12,15,19H,2-3,5,9-11,13-14H2,1H3,(H,23,26). The number of hydrogen-bond donors (Lipinski definition) is 1. The van der Waals surface area contributed by atoms with E-state index in [-0.39, 0.29) is 22.5 Å². The van der Waals surface area contributed by atoms with Gasteiger partial charge >= 0.3 is 0 Å². The molecule has 2 aromatic rings. The number of anilines is 1. The summed E-state index contributed by atoms with van der Waals surface area (Å²) < 4.78 is 37.9. The second kappa shape index (κ2) is 9.43. The Bertz CT molecular complexity index is 1080. The summed E-state index contributed by atoms with van der Waals surface area (Å²) in [4.78, 5) is 27.6. The maximum atomic E-state index is 13.2. The summed E-state index contributed by atoms with van der Waals surface area (Å²) in [7, 11) is -3.69. The number of nitrogens with zero attached hydrogens (tertiary/aromatic N) is 2. The van der Waals surface area contributed by atoms with Gasteiger partial charge in [-0.1, -0.05) is 6.07 Å². The number of nitrogens with one attached hydrogen (secondary N) is 1. The molecule has 1 aromatic carbocycles. The molecule has 4 rings (SSSR count). The molecule has 9 nitrogen and oxygen atoms in total. The van der Waals surface area contributed by atoms with Crippen LogP contribution in [0.15, 0.2) is 45.9 Å². The monoisotopic (exact) mass is 461 g/mol. The molecular weight excluding hydrogens is 434 g/mol. The summed E-state index contributed by atoms with van der Waals surface area (Å²) in [6.45, 7) is 3.56. The molecule has 1 aromatic heterocycles. The topological polar surface area (TPSA) is 109 Å². The van der Waals surface area contributed by atoms with Crippen LogP contribution in [0.3, 0.4) is 0 Å². The smallest absolute Gasteiger partial charge is 0.290 e. The maximum absolute atomic E-state index is 13.2. The number of morpholine rings is 1. The highest BCUT2D eigenvalue weighted by atomic mass is 32.2. The molecule has 2 fully saturated rings. The number of amides is 2. The predicted octanol–water partition coefficient (Wildman–Crippen LogP) is 2.24. The summed E-state index contributed by atoms with van der Waals surface area (Å²) in [6.07, 6.45) is 3.59. The largest absolute Gasteiger partial charge is 0.459 e. The van der Waals surface area contributed by atoms with Crippen molar-refractivity contribution >= 4 is 27.5 Å². The van der Waals surface area contributed by atoms with Crippen molar-refractivity contribution in [2.45, 2.75) is 37.1 Å². The van der Waals surface area contributed by atoms with E-state index in [1.807, 2.05) is 0 Å². The van der Waals surface area contributed by atoms with Gasteiger partial charge in [0.25, 0.3) is 5.91 Å². The minimum Gasteiger partial charge on any atom is -0.459 e. The van der Waals surface area contributed by atoms with Crippen LogP contribution < -0.4 is 5.32 Å². The molecule has 0 bridgehead atoms. The first-order valence-corrected chi connectivity index (χ1v) is 12.2. The lowest BCUT2D eigenvalue weighted by Crippen LogP contribution is -2.50. The van der Waals surface area contributed by atoms with E-state index in [1.165, 1.54) is 21.5 Å². The first-order valence-electron chi connectivity index (χ1n) is 10.7. The van der Waals surface area contributed by atoms with Crippen LogP contribution in [-0.2, 0) is 19.6 Å². The number of piperidine rings is 1. The summed E-state index contributed by atoms with van der Waals surface area (Å²) in [5, 5.41) is 2.85. The van der Waals surface area contributed by atoms with Crippen LogP contribution in [-0.4, -0.2) is 68.3 Å². The van der Waals surface area contributed by atoms with Crippen LogP contribution in [0.1, 0.15) is 35.4 Å². The van der Waals surface area contributed by atoms with E-state index in [9.17, 15) is 18.0 Å². The number of aryl methyl sites for hydroxylation is 1. The lowest BCUT2D eigenvalue weighted by molar-refractivity contribution is -0.121.